The van der Waals surface area contributed by atoms with Gasteiger partial charge in [-0.15, -0.1) is 0 Å². The van der Waals surface area contributed by atoms with Gasteiger partial charge in [0.15, 0.2) is 0 Å². The van der Waals surface area contributed by atoms with Crippen molar-refractivity contribution in [2.45, 2.75) is 63.1 Å². The molecule has 2 aliphatic heterocycles. The van der Waals surface area contributed by atoms with Crippen LogP contribution in [0.1, 0.15) is 55.3 Å². The molecule has 7 heteroatoms. The minimum atomic E-state index is -0.785. The third kappa shape index (κ3) is 5.35. The monoisotopic (exact) mass is 401 g/mol. The fourth-order valence-electron chi connectivity index (χ4n) is 4.72. The summed E-state index contributed by atoms with van der Waals surface area (Å²) >= 11 is 0. The van der Waals surface area contributed by atoms with Gasteiger partial charge < -0.3 is 15.7 Å². The van der Waals surface area contributed by atoms with Crippen molar-refractivity contribution >= 4 is 17.8 Å². The van der Waals surface area contributed by atoms with Crippen LogP contribution in [-0.2, 0) is 9.59 Å². The first-order valence-corrected chi connectivity index (χ1v) is 10.5. The van der Waals surface area contributed by atoms with E-state index in [1.54, 1.807) is 12.1 Å². The second-order valence-electron chi connectivity index (χ2n) is 8.17. The summed E-state index contributed by atoms with van der Waals surface area (Å²) in [5.41, 5.74) is 0.608. The first-order valence-electron chi connectivity index (χ1n) is 10.5. The van der Waals surface area contributed by atoms with Gasteiger partial charge in [-0.3, -0.25) is 19.3 Å². The molecule has 0 spiro atoms. The number of unbranched alkanes of at least 4 members (excludes halogenated alkanes) is 2. The molecule has 3 N–H and O–H groups in total. The minimum absolute atomic E-state index is 0.0150. The molecule has 0 aromatic heterocycles. The number of piperidine rings is 1. The van der Waals surface area contributed by atoms with Gasteiger partial charge in [-0.2, -0.15) is 0 Å². The summed E-state index contributed by atoms with van der Waals surface area (Å²) in [5.74, 6) is -1.21. The Labute approximate surface area is 171 Å². The fourth-order valence-corrected chi connectivity index (χ4v) is 4.72. The van der Waals surface area contributed by atoms with Gasteiger partial charge in [0.1, 0.15) is 0 Å². The van der Waals surface area contributed by atoms with Gasteiger partial charge in [0, 0.05) is 36.7 Å². The molecule has 0 aliphatic carbocycles. The number of benzene rings is 1. The lowest BCUT2D eigenvalue weighted by Gasteiger charge is -2.42. The number of carbonyl (C=O) groups excluding carboxylic acids is 2. The molecule has 29 heavy (non-hydrogen) atoms. The fraction of sp³-hybridized carbons (Fsp3) is 0.591. The molecule has 4 atom stereocenters. The third-order valence-corrected chi connectivity index (χ3v) is 6.29. The largest absolute Gasteiger partial charge is 0.481 e. The number of rotatable bonds is 9. The normalized spacial score (nSPS) is 26.1. The Kier molecular flexibility index (Phi) is 7.25. The number of nitrogens with one attached hydrogen (secondary N) is 2. The lowest BCUT2D eigenvalue weighted by atomic mass is 9.84. The average Bonchev–Trinajstić information content (AvgIpc) is 2.94. The van der Waals surface area contributed by atoms with E-state index in [9.17, 15) is 14.4 Å². The van der Waals surface area contributed by atoms with Gasteiger partial charge >= 0.3 is 5.97 Å². The average molecular weight is 402 g/mol. The summed E-state index contributed by atoms with van der Waals surface area (Å²) < 4.78 is 0. The van der Waals surface area contributed by atoms with Crippen molar-refractivity contribution in [2.24, 2.45) is 5.92 Å². The Morgan fingerprint density at radius 1 is 1.10 bits per heavy atom. The number of carboxylic acids is 1. The quantitative estimate of drug-likeness (QED) is 0.550. The number of carbonyl (C=O) groups is 3. The molecule has 2 aliphatic rings. The van der Waals surface area contributed by atoms with Crippen molar-refractivity contribution in [3.8, 4) is 0 Å². The van der Waals surface area contributed by atoms with E-state index in [0.717, 1.165) is 32.1 Å². The number of hydrogen-bond acceptors (Lipinski definition) is 4. The number of carboxylic acid groups (broad SMARTS) is 1. The second kappa shape index (κ2) is 9.87. The molecule has 2 heterocycles. The van der Waals surface area contributed by atoms with Crippen LogP contribution < -0.4 is 10.6 Å². The van der Waals surface area contributed by atoms with Crippen molar-refractivity contribution < 1.29 is 19.5 Å². The third-order valence-electron chi connectivity index (χ3n) is 6.29. The van der Waals surface area contributed by atoms with Crippen LogP contribution in [-0.4, -0.2) is 59.5 Å². The van der Waals surface area contributed by atoms with Crippen molar-refractivity contribution in [3.05, 3.63) is 35.9 Å². The Balaban J connectivity index is 1.58. The van der Waals surface area contributed by atoms with Crippen LogP contribution >= 0.6 is 0 Å². The van der Waals surface area contributed by atoms with Crippen molar-refractivity contribution in [3.63, 3.8) is 0 Å². The van der Waals surface area contributed by atoms with E-state index in [-0.39, 0.29) is 36.2 Å². The zero-order valence-electron chi connectivity index (χ0n) is 17.0. The van der Waals surface area contributed by atoms with E-state index in [0.29, 0.717) is 24.6 Å². The lowest BCUT2D eigenvalue weighted by Crippen LogP contribution is -2.59. The Morgan fingerprint density at radius 2 is 1.86 bits per heavy atom. The summed E-state index contributed by atoms with van der Waals surface area (Å²) in [6.45, 7) is 0.536. The number of hydrogen-bond donors (Lipinski definition) is 3. The number of nitrogens with zero attached hydrogens (tertiary/aromatic N) is 1. The van der Waals surface area contributed by atoms with Crippen molar-refractivity contribution in [1.82, 2.24) is 15.5 Å². The van der Waals surface area contributed by atoms with Crippen LogP contribution in [0.2, 0.25) is 0 Å². The van der Waals surface area contributed by atoms with Crippen LogP contribution in [0.5, 0.6) is 0 Å². The molecule has 2 amide bonds. The second-order valence-corrected chi connectivity index (χ2v) is 8.17. The molecule has 0 saturated carbocycles. The molecule has 2 saturated heterocycles. The van der Waals surface area contributed by atoms with Crippen LogP contribution in [0.4, 0.5) is 0 Å². The zero-order chi connectivity index (χ0) is 20.8. The highest BCUT2D eigenvalue weighted by Crippen LogP contribution is 2.38. The van der Waals surface area contributed by atoms with Gasteiger partial charge in [-0.05, 0) is 51.3 Å². The SMILES string of the molecule is CN1C2CCC1[C@@H](C(=O)NCCCCCC(=O)O)[C@@H](NC(=O)c1ccccc1)C2. The van der Waals surface area contributed by atoms with Crippen molar-refractivity contribution in [2.75, 3.05) is 13.6 Å². The summed E-state index contributed by atoms with van der Waals surface area (Å²) in [7, 11) is 2.07. The van der Waals surface area contributed by atoms with Gasteiger partial charge in [0.2, 0.25) is 5.91 Å². The minimum Gasteiger partial charge on any atom is -0.481 e. The topological polar surface area (TPSA) is 98.7 Å². The molecule has 1 aromatic carbocycles. The molecule has 2 unspecified atom stereocenters. The molecule has 7 nitrogen and oxygen atoms in total. The first kappa shape index (κ1) is 21.3. The zero-order valence-corrected chi connectivity index (χ0v) is 17.0. The molecular weight excluding hydrogens is 370 g/mol. The Morgan fingerprint density at radius 3 is 2.59 bits per heavy atom. The van der Waals surface area contributed by atoms with Crippen LogP contribution in [0.25, 0.3) is 0 Å². The van der Waals surface area contributed by atoms with E-state index in [1.807, 2.05) is 18.2 Å². The van der Waals surface area contributed by atoms with E-state index in [2.05, 4.69) is 22.6 Å². The highest BCUT2D eigenvalue weighted by molar-refractivity contribution is 5.95. The predicted molar refractivity (Wildman–Crippen MR) is 109 cm³/mol. The smallest absolute Gasteiger partial charge is 0.303 e. The standard InChI is InChI=1S/C22H31N3O4/c1-25-16-11-12-18(25)20(22(29)23-13-7-3-6-10-19(26)27)17(14-16)24-21(28)15-8-4-2-5-9-15/h2,4-5,8-9,16-18,20H,3,6-7,10-14H2,1H3,(H,23,29)(H,24,28)(H,26,27)/t16?,17-,18?,20-/m0/s1. The Hall–Kier alpha value is -2.41. The van der Waals surface area contributed by atoms with E-state index < -0.39 is 5.97 Å². The molecular formula is C22H31N3O4. The van der Waals surface area contributed by atoms with Gasteiger partial charge in [-0.1, -0.05) is 24.6 Å². The van der Waals surface area contributed by atoms with E-state index in [4.69, 9.17) is 5.11 Å². The van der Waals surface area contributed by atoms with Crippen LogP contribution in [0.3, 0.4) is 0 Å². The summed E-state index contributed by atoms with van der Waals surface area (Å²) in [6, 6.07) is 9.48. The van der Waals surface area contributed by atoms with Crippen molar-refractivity contribution in [1.29, 1.82) is 0 Å². The maximum atomic E-state index is 13.0. The molecule has 1 aromatic rings. The van der Waals surface area contributed by atoms with Crippen LogP contribution in [0.15, 0.2) is 30.3 Å². The molecule has 2 fully saturated rings. The molecule has 2 bridgehead atoms. The Bertz CT molecular complexity index is 724. The van der Waals surface area contributed by atoms with Gasteiger partial charge in [-0.25, -0.2) is 0 Å². The maximum Gasteiger partial charge on any atom is 0.303 e. The predicted octanol–water partition coefficient (Wildman–Crippen LogP) is 2.03. The summed E-state index contributed by atoms with van der Waals surface area (Å²) in [6.07, 6.45) is 5.12. The number of amides is 2. The first-order chi connectivity index (χ1) is 14.0. The molecule has 158 valence electrons. The highest BCUT2D eigenvalue weighted by atomic mass is 16.4. The number of fused-ring (bicyclic) bond motifs is 2. The van der Waals surface area contributed by atoms with Crippen LogP contribution in [0, 0.1) is 5.92 Å². The lowest BCUT2D eigenvalue weighted by molar-refractivity contribution is -0.137. The molecule has 0 radical (unpaired) electrons. The van der Waals surface area contributed by atoms with Gasteiger partial charge in [0.25, 0.3) is 5.91 Å². The highest BCUT2D eigenvalue weighted by Gasteiger charge is 2.49. The van der Waals surface area contributed by atoms with E-state index in [1.165, 1.54) is 0 Å². The summed E-state index contributed by atoms with van der Waals surface area (Å²) in [5, 5.41) is 14.8. The van der Waals surface area contributed by atoms with E-state index >= 15 is 0 Å². The number of aliphatic carboxylic acids is 1. The van der Waals surface area contributed by atoms with Gasteiger partial charge in [0.05, 0.1) is 5.92 Å². The molecule has 3 rings (SSSR count). The maximum absolute atomic E-state index is 13.0. The summed E-state index contributed by atoms with van der Waals surface area (Å²) in [4.78, 5) is 38.6.